The number of aliphatic hydroxyl groups is 3. The second kappa shape index (κ2) is 32.6. The maximum atomic E-state index is 12.5. The van der Waals surface area contributed by atoms with Crippen LogP contribution in [0.1, 0.15) is 201 Å². The number of esters is 2. The fourth-order valence-electron chi connectivity index (χ4n) is 7.28. The van der Waals surface area contributed by atoms with Crippen LogP contribution in [0.3, 0.4) is 0 Å². The lowest BCUT2D eigenvalue weighted by Crippen LogP contribution is -2.28. The van der Waals surface area contributed by atoms with Crippen molar-refractivity contribution in [1.29, 1.82) is 0 Å². The summed E-state index contributed by atoms with van der Waals surface area (Å²) in [7, 11) is 0. The molecule has 52 heavy (non-hydrogen) atoms. The number of carbonyl (C=O) groups is 3. The van der Waals surface area contributed by atoms with Gasteiger partial charge in [0, 0.05) is 31.1 Å². The minimum Gasteiger partial charge on any atom is -0.462 e. The maximum absolute atomic E-state index is 12.5. The van der Waals surface area contributed by atoms with Crippen LogP contribution >= 0.6 is 0 Å². The zero-order valence-electron chi connectivity index (χ0n) is 33.7. The Labute approximate surface area is 318 Å². The molecule has 1 saturated carbocycles. The van der Waals surface area contributed by atoms with E-state index in [1.54, 1.807) is 6.08 Å². The van der Waals surface area contributed by atoms with Gasteiger partial charge in [0.15, 0.2) is 6.10 Å². The molecule has 0 aromatic heterocycles. The van der Waals surface area contributed by atoms with Crippen molar-refractivity contribution in [2.45, 2.75) is 219 Å². The van der Waals surface area contributed by atoms with Crippen molar-refractivity contribution < 1.29 is 39.2 Å². The third-order valence-corrected chi connectivity index (χ3v) is 10.6. The van der Waals surface area contributed by atoms with E-state index in [1.807, 2.05) is 6.08 Å². The van der Waals surface area contributed by atoms with Crippen molar-refractivity contribution in [3.63, 3.8) is 0 Å². The molecule has 5 atom stereocenters. The average molecular weight is 737 g/mol. The number of ether oxygens (including phenoxy) is 2. The molecule has 0 bridgehead atoms. The van der Waals surface area contributed by atoms with Crippen LogP contribution in [0.5, 0.6) is 0 Å². The van der Waals surface area contributed by atoms with E-state index in [0.717, 1.165) is 63.7 Å². The van der Waals surface area contributed by atoms with Crippen molar-refractivity contribution >= 4 is 17.7 Å². The maximum Gasteiger partial charge on any atom is 0.306 e. The molecule has 1 fully saturated rings. The lowest BCUT2D eigenvalue weighted by atomic mass is 9.88. The number of Topliss-reactive ketones (excluding diaryl/α,β-unsaturated/α-hetero) is 1. The van der Waals surface area contributed by atoms with Gasteiger partial charge in [0.2, 0.25) is 0 Å². The molecule has 0 aromatic rings. The second-order valence-electron chi connectivity index (χ2n) is 16.0. The van der Waals surface area contributed by atoms with Crippen molar-refractivity contribution in [2.24, 2.45) is 17.8 Å². The van der Waals surface area contributed by atoms with Crippen molar-refractivity contribution in [2.75, 3.05) is 13.2 Å². The third-order valence-electron chi connectivity index (χ3n) is 10.6. The second-order valence-corrected chi connectivity index (χ2v) is 16.0. The Balaban J connectivity index is 2.03. The van der Waals surface area contributed by atoms with Crippen LogP contribution in [0.15, 0.2) is 12.2 Å². The molecule has 0 radical (unpaired) electrons. The van der Waals surface area contributed by atoms with Gasteiger partial charge in [-0.1, -0.05) is 168 Å². The molecule has 0 aromatic carbocycles. The number of aliphatic hydroxyl groups excluding tert-OH is 3. The predicted octanol–water partition coefficient (Wildman–Crippen LogP) is 10.1. The predicted molar refractivity (Wildman–Crippen MR) is 211 cm³/mol. The number of unbranched alkanes of at least 4 members (excludes halogenated alkanes) is 19. The topological polar surface area (TPSA) is 130 Å². The van der Waals surface area contributed by atoms with Crippen molar-refractivity contribution in [3.05, 3.63) is 12.2 Å². The molecule has 0 amide bonds. The van der Waals surface area contributed by atoms with Gasteiger partial charge in [-0.15, -0.1) is 0 Å². The summed E-state index contributed by atoms with van der Waals surface area (Å²) < 4.78 is 10.6. The van der Waals surface area contributed by atoms with Crippen LogP contribution in [-0.2, 0) is 23.9 Å². The number of hydrogen-bond acceptors (Lipinski definition) is 8. The third kappa shape index (κ3) is 26.1. The quantitative estimate of drug-likeness (QED) is 0.0333. The van der Waals surface area contributed by atoms with Crippen LogP contribution in [0.4, 0.5) is 0 Å². The number of hydrogen-bond donors (Lipinski definition) is 3. The number of ketones is 1. The Kier molecular flexibility index (Phi) is 30.3. The summed E-state index contributed by atoms with van der Waals surface area (Å²) in [4.78, 5) is 37.0. The van der Waals surface area contributed by atoms with Crippen LogP contribution in [0, 0.1) is 17.8 Å². The fraction of sp³-hybridized carbons (Fsp3) is 0.886. The van der Waals surface area contributed by atoms with E-state index in [4.69, 9.17) is 9.47 Å². The molecule has 1 aliphatic carbocycles. The summed E-state index contributed by atoms with van der Waals surface area (Å²) in [5.74, 6) is -0.293. The Morgan fingerprint density at radius 2 is 1.23 bits per heavy atom. The molecule has 3 N–H and O–H groups in total. The molecule has 0 heterocycles. The highest BCUT2D eigenvalue weighted by Gasteiger charge is 2.39. The highest BCUT2D eigenvalue weighted by molar-refractivity contribution is 5.84. The zero-order chi connectivity index (χ0) is 38.2. The molecule has 0 unspecified atom stereocenters. The van der Waals surface area contributed by atoms with Crippen molar-refractivity contribution in [1.82, 2.24) is 0 Å². The first-order valence-corrected chi connectivity index (χ1v) is 21.7. The van der Waals surface area contributed by atoms with Gasteiger partial charge in [-0.25, -0.2) is 0 Å². The molecular weight excluding hydrogens is 656 g/mol. The van der Waals surface area contributed by atoms with Crippen LogP contribution in [0.2, 0.25) is 0 Å². The highest BCUT2D eigenvalue weighted by Crippen LogP contribution is 2.34. The van der Waals surface area contributed by atoms with E-state index in [0.29, 0.717) is 25.7 Å². The minimum atomic E-state index is -0.843. The lowest BCUT2D eigenvalue weighted by molar-refractivity contribution is -0.161. The van der Waals surface area contributed by atoms with Gasteiger partial charge in [0.05, 0.1) is 18.8 Å². The van der Waals surface area contributed by atoms with Gasteiger partial charge < -0.3 is 24.8 Å². The lowest BCUT2D eigenvalue weighted by Gasteiger charge is -2.18. The average Bonchev–Trinajstić information content (AvgIpc) is 3.39. The Hall–Kier alpha value is -1.77. The number of rotatable bonds is 35. The number of carbonyl (C=O) groups excluding carboxylic acids is 3. The Morgan fingerprint density at radius 1 is 0.731 bits per heavy atom. The SMILES string of the molecule is CCCCC[C@H](O)/C=C/[C@H]1[C@H](O)CC(=O)[C@@H]1CCCCCCC(=O)OC[C@H](CO)OC(=O)CCCCCCCCCCCCCCCCCC(C)C. The van der Waals surface area contributed by atoms with E-state index >= 15 is 0 Å². The molecule has 0 spiro atoms. The summed E-state index contributed by atoms with van der Waals surface area (Å²) in [6.07, 6.45) is 30.3. The summed E-state index contributed by atoms with van der Waals surface area (Å²) in [6.45, 7) is 6.21. The van der Waals surface area contributed by atoms with Gasteiger partial charge >= 0.3 is 11.9 Å². The van der Waals surface area contributed by atoms with E-state index in [9.17, 15) is 29.7 Å². The summed E-state index contributed by atoms with van der Waals surface area (Å²) in [6, 6.07) is 0. The summed E-state index contributed by atoms with van der Waals surface area (Å²) in [5.41, 5.74) is 0. The van der Waals surface area contributed by atoms with E-state index in [-0.39, 0.29) is 55.6 Å². The largest absolute Gasteiger partial charge is 0.462 e. The Bertz CT molecular complexity index is 918. The molecule has 0 aliphatic heterocycles. The Morgan fingerprint density at radius 3 is 1.77 bits per heavy atom. The molecule has 304 valence electrons. The molecule has 0 saturated heterocycles. The molecule has 1 rings (SSSR count). The van der Waals surface area contributed by atoms with Gasteiger partial charge in [-0.05, 0) is 31.6 Å². The molecule has 1 aliphatic rings. The minimum absolute atomic E-state index is 0.0837. The first-order valence-electron chi connectivity index (χ1n) is 21.7. The highest BCUT2D eigenvalue weighted by atomic mass is 16.6. The van der Waals surface area contributed by atoms with Crippen LogP contribution in [0.25, 0.3) is 0 Å². The first kappa shape index (κ1) is 48.2. The van der Waals surface area contributed by atoms with Crippen LogP contribution < -0.4 is 0 Å². The van der Waals surface area contributed by atoms with E-state index in [2.05, 4.69) is 20.8 Å². The molecular formula is C44H80O8. The molecule has 8 heteroatoms. The smallest absolute Gasteiger partial charge is 0.306 e. The van der Waals surface area contributed by atoms with Crippen LogP contribution in [-0.4, -0.2) is 64.6 Å². The summed E-state index contributed by atoms with van der Waals surface area (Å²) in [5, 5.41) is 30.2. The standard InChI is InChI=1S/C44H80O8/c1-4-5-21-27-37(46)31-32-40-39(41(47)33-42(40)48)28-23-19-20-24-29-43(49)51-35-38(34-45)52-44(50)30-25-18-16-14-12-10-8-6-7-9-11-13-15-17-22-26-36(2)3/h31-32,36-40,42,45-46,48H,4-30,33-35H2,1-3H3/b32-31+/t37-,38-,39+,40+,42+/m0/s1. The van der Waals surface area contributed by atoms with E-state index in [1.165, 1.54) is 83.5 Å². The summed E-state index contributed by atoms with van der Waals surface area (Å²) >= 11 is 0. The van der Waals surface area contributed by atoms with Gasteiger partial charge in [0.1, 0.15) is 12.4 Å². The molecule has 8 nitrogen and oxygen atoms in total. The zero-order valence-corrected chi connectivity index (χ0v) is 33.7. The van der Waals surface area contributed by atoms with Gasteiger partial charge in [0.25, 0.3) is 0 Å². The monoisotopic (exact) mass is 737 g/mol. The van der Waals surface area contributed by atoms with Gasteiger partial charge in [-0.2, -0.15) is 0 Å². The van der Waals surface area contributed by atoms with E-state index < -0.39 is 18.3 Å². The van der Waals surface area contributed by atoms with Crippen molar-refractivity contribution in [3.8, 4) is 0 Å². The fourth-order valence-corrected chi connectivity index (χ4v) is 7.28. The first-order chi connectivity index (χ1) is 25.2. The van der Waals surface area contributed by atoms with Gasteiger partial charge in [-0.3, -0.25) is 14.4 Å². The normalized spacial score (nSPS) is 18.8.